The van der Waals surface area contributed by atoms with E-state index in [4.69, 9.17) is 0 Å². The van der Waals surface area contributed by atoms with Crippen molar-refractivity contribution >= 4 is 0 Å². The topological polar surface area (TPSA) is 3.24 Å². The highest BCUT2D eigenvalue weighted by molar-refractivity contribution is 4.88. The molecule has 0 radical (unpaired) electrons. The fourth-order valence-electron chi connectivity index (χ4n) is 1.90. The molecule has 0 heterocycles. The van der Waals surface area contributed by atoms with Crippen molar-refractivity contribution < 1.29 is 0 Å². The zero-order valence-corrected chi connectivity index (χ0v) is 10.1. The van der Waals surface area contributed by atoms with Gasteiger partial charge >= 0.3 is 0 Å². The lowest BCUT2D eigenvalue weighted by molar-refractivity contribution is 0.0405. The lowest BCUT2D eigenvalue weighted by atomic mass is 9.96. The fourth-order valence-corrected chi connectivity index (χ4v) is 1.90. The molecular weight excluding hydrogens is 158 g/mol. The van der Waals surface area contributed by atoms with E-state index in [0.717, 1.165) is 13.0 Å². The van der Waals surface area contributed by atoms with Crippen LogP contribution in [0, 0.1) is 0 Å². The second-order valence-electron chi connectivity index (χ2n) is 5.57. The summed E-state index contributed by atoms with van der Waals surface area (Å²) in [5, 5.41) is 0. The highest BCUT2D eigenvalue weighted by Gasteiger charge is 2.30. The molecule has 1 nitrogen and oxygen atoms in total. The van der Waals surface area contributed by atoms with Crippen molar-refractivity contribution in [2.24, 2.45) is 0 Å². The van der Waals surface area contributed by atoms with Crippen molar-refractivity contribution in [1.82, 2.24) is 4.90 Å². The van der Waals surface area contributed by atoms with Gasteiger partial charge in [0.1, 0.15) is 0 Å². The Morgan fingerprint density at radius 3 is 1.62 bits per heavy atom. The van der Waals surface area contributed by atoms with E-state index in [9.17, 15) is 0 Å². The van der Waals surface area contributed by atoms with Gasteiger partial charge in [-0.25, -0.2) is 0 Å². The standard InChI is InChI=1S/C12H25N/c1-8-9-10-13(11(2,3)4)12(5,6)7/h8H,1,9-10H2,2-7H3. The van der Waals surface area contributed by atoms with Crippen molar-refractivity contribution in [1.29, 1.82) is 0 Å². The molecule has 0 aromatic rings. The number of rotatable bonds is 3. The predicted molar refractivity (Wildman–Crippen MR) is 61.0 cm³/mol. The van der Waals surface area contributed by atoms with Crippen molar-refractivity contribution in [3.05, 3.63) is 12.7 Å². The maximum atomic E-state index is 3.77. The molecule has 78 valence electrons. The minimum Gasteiger partial charge on any atom is -0.293 e. The molecule has 0 aliphatic carbocycles. The van der Waals surface area contributed by atoms with Gasteiger partial charge in [-0.05, 0) is 48.0 Å². The smallest absolute Gasteiger partial charge is 0.0130 e. The Kier molecular flexibility index (Phi) is 4.18. The Labute approximate surface area is 83.8 Å². The van der Waals surface area contributed by atoms with E-state index < -0.39 is 0 Å². The summed E-state index contributed by atoms with van der Waals surface area (Å²) >= 11 is 0. The molecule has 0 aromatic heterocycles. The third-order valence-corrected chi connectivity index (χ3v) is 2.18. The number of nitrogens with zero attached hydrogens (tertiary/aromatic N) is 1. The second-order valence-corrected chi connectivity index (χ2v) is 5.57. The first-order chi connectivity index (χ1) is 5.69. The van der Waals surface area contributed by atoms with Crippen LogP contribution >= 0.6 is 0 Å². The summed E-state index contributed by atoms with van der Waals surface area (Å²) in [6.07, 6.45) is 3.05. The minimum absolute atomic E-state index is 0.237. The van der Waals surface area contributed by atoms with Crippen LogP contribution in [0.15, 0.2) is 12.7 Å². The van der Waals surface area contributed by atoms with Crippen LogP contribution in [0.5, 0.6) is 0 Å². The first-order valence-corrected chi connectivity index (χ1v) is 5.08. The van der Waals surface area contributed by atoms with Crippen LogP contribution in [0.3, 0.4) is 0 Å². The Morgan fingerprint density at radius 2 is 1.38 bits per heavy atom. The lowest BCUT2D eigenvalue weighted by Crippen LogP contribution is -2.52. The van der Waals surface area contributed by atoms with Crippen LogP contribution in [0.1, 0.15) is 48.0 Å². The molecule has 0 saturated heterocycles. The van der Waals surface area contributed by atoms with Gasteiger partial charge in [0.2, 0.25) is 0 Å². The van der Waals surface area contributed by atoms with Gasteiger partial charge in [-0.15, -0.1) is 6.58 Å². The Bertz CT molecular complexity index is 143. The average Bonchev–Trinajstić information content (AvgIpc) is 1.81. The summed E-state index contributed by atoms with van der Waals surface area (Å²) in [6, 6.07) is 0. The largest absolute Gasteiger partial charge is 0.293 e. The van der Waals surface area contributed by atoms with Crippen LogP contribution < -0.4 is 0 Å². The Balaban J connectivity index is 4.47. The zero-order chi connectivity index (χ0) is 10.7. The third-order valence-electron chi connectivity index (χ3n) is 2.18. The quantitative estimate of drug-likeness (QED) is 0.606. The van der Waals surface area contributed by atoms with E-state index >= 15 is 0 Å². The molecule has 13 heavy (non-hydrogen) atoms. The molecule has 0 N–H and O–H groups in total. The molecule has 0 atom stereocenters. The molecule has 0 fully saturated rings. The highest BCUT2D eigenvalue weighted by atomic mass is 15.2. The Hall–Kier alpha value is -0.300. The predicted octanol–water partition coefficient (Wildman–Crippen LogP) is 3.46. The second kappa shape index (κ2) is 4.28. The van der Waals surface area contributed by atoms with E-state index in [1.165, 1.54) is 0 Å². The fraction of sp³-hybridized carbons (Fsp3) is 0.833. The zero-order valence-electron chi connectivity index (χ0n) is 10.1. The van der Waals surface area contributed by atoms with Gasteiger partial charge in [-0.2, -0.15) is 0 Å². The minimum atomic E-state index is 0.237. The third kappa shape index (κ3) is 4.47. The number of hydrogen-bond donors (Lipinski definition) is 0. The van der Waals surface area contributed by atoms with Gasteiger partial charge in [-0.3, -0.25) is 4.90 Å². The normalized spacial score (nSPS) is 13.5. The van der Waals surface area contributed by atoms with Gasteiger partial charge in [0.25, 0.3) is 0 Å². The van der Waals surface area contributed by atoms with Gasteiger partial charge in [-0.1, -0.05) is 6.08 Å². The van der Waals surface area contributed by atoms with Crippen molar-refractivity contribution in [2.75, 3.05) is 6.54 Å². The molecular formula is C12H25N. The SMILES string of the molecule is C=CCCN(C(C)(C)C)C(C)(C)C. The van der Waals surface area contributed by atoms with Crippen LogP contribution in [-0.4, -0.2) is 22.5 Å². The summed E-state index contributed by atoms with van der Waals surface area (Å²) < 4.78 is 0. The molecule has 0 saturated carbocycles. The van der Waals surface area contributed by atoms with E-state index in [1.54, 1.807) is 0 Å². The van der Waals surface area contributed by atoms with E-state index in [1.807, 2.05) is 6.08 Å². The molecule has 0 unspecified atom stereocenters. The number of hydrogen-bond acceptors (Lipinski definition) is 1. The van der Waals surface area contributed by atoms with Gasteiger partial charge in [0.15, 0.2) is 0 Å². The van der Waals surface area contributed by atoms with Crippen LogP contribution in [0.25, 0.3) is 0 Å². The summed E-state index contributed by atoms with van der Waals surface area (Å²) in [4.78, 5) is 2.52. The molecule has 0 aliphatic rings. The molecule has 0 aromatic carbocycles. The first kappa shape index (κ1) is 12.7. The van der Waals surface area contributed by atoms with Crippen molar-refractivity contribution in [3.63, 3.8) is 0 Å². The summed E-state index contributed by atoms with van der Waals surface area (Å²) in [5.41, 5.74) is 0.475. The Morgan fingerprint density at radius 1 is 1.00 bits per heavy atom. The summed E-state index contributed by atoms with van der Waals surface area (Å²) in [6.45, 7) is 18.5. The van der Waals surface area contributed by atoms with Gasteiger partial charge in [0.05, 0.1) is 0 Å². The highest BCUT2D eigenvalue weighted by Crippen LogP contribution is 2.24. The van der Waals surface area contributed by atoms with Crippen LogP contribution in [-0.2, 0) is 0 Å². The maximum absolute atomic E-state index is 3.77. The van der Waals surface area contributed by atoms with Crippen LogP contribution in [0.4, 0.5) is 0 Å². The maximum Gasteiger partial charge on any atom is 0.0130 e. The molecule has 1 heteroatoms. The summed E-state index contributed by atoms with van der Waals surface area (Å²) in [5.74, 6) is 0. The summed E-state index contributed by atoms with van der Waals surface area (Å²) in [7, 11) is 0. The first-order valence-electron chi connectivity index (χ1n) is 5.08. The molecule has 0 aliphatic heterocycles. The molecule has 0 rings (SSSR count). The van der Waals surface area contributed by atoms with Crippen LogP contribution in [0.2, 0.25) is 0 Å². The van der Waals surface area contributed by atoms with Crippen molar-refractivity contribution in [3.8, 4) is 0 Å². The monoisotopic (exact) mass is 183 g/mol. The van der Waals surface area contributed by atoms with E-state index in [0.29, 0.717) is 0 Å². The molecule has 0 bridgehead atoms. The lowest BCUT2D eigenvalue weighted by Gasteiger charge is -2.45. The van der Waals surface area contributed by atoms with Crippen molar-refractivity contribution in [2.45, 2.75) is 59.0 Å². The van der Waals surface area contributed by atoms with Gasteiger partial charge in [0, 0.05) is 17.6 Å². The van der Waals surface area contributed by atoms with Gasteiger partial charge < -0.3 is 0 Å². The average molecular weight is 183 g/mol. The molecule has 0 amide bonds. The van der Waals surface area contributed by atoms with E-state index in [-0.39, 0.29) is 11.1 Å². The molecule has 0 spiro atoms. The van der Waals surface area contributed by atoms with E-state index in [2.05, 4.69) is 53.0 Å².